The number of fused-ring (bicyclic) bond motifs is 1. The molecule has 0 saturated carbocycles. The average molecular weight is 397 g/mol. The second kappa shape index (κ2) is 7.08. The van der Waals surface area contributed by atoms with Gasteiger partial charge in [-0.2, -0.15) is 0 Å². The first-order valence-electron chi connectivity index (χ1n) is 9.16. The number of hydrogen-bond donors (Lipinski definition) is 1. The number of benzene rings is 2. The van der Waals surface area contributed by atoms with Gasteiger partial charge in [0.05, 0.1) is 24.7 Å². The maximum Gasteiger partial charge on any atom is 0.325 e. The van der Waals surface area contributed by atoms with Crippen LogP contribution in [0.4, 0.5) is 10.5 Å². The van der Waals surface area contributed by atoms with Gasteiger partial charge in [0.25, 0.3) is 11.6 Å². The standard InChI is InChI=1S/C20H19N3O6/c1-20(14-6-7-16-17(11-14)29-9-3-8-28-16)18(24)22(19(25)21-20)12-13-4-2-5-15(10-13)23(26)27/h2,4-7,10-11H,3,8-9,12H2,1H3,(H,21,25). The highest BCUT2D eigenvalue weighted by molar-refractivity contribution is 6.07. The minimum Gasteiger partial charge on any atom is -0.490 e. The zero-order valence-corrected chi connectivity index (χ0v) is 15.7. The van der Waals surface area contributed by atoms with Gasteiger partial charge in [0.2, 0.25) is 0 Å². The maximum absolute atomic E-state index is 13.1. The van der Waals surface area contributed by atoms with Crippen LogP contribution < -0.4 is 14.8 Å². The Morgan fingerprint density at radius 3 is 2.66 bits per heavy atom. The molecule has 2 aromatic rings. The van der Waals surface area contributed by atoms with Crippen molar-refractivity contribution in [1.29, 1.82) is 0 Å². The fourth-order valence-corrected chi connectivity index (χ4v) is 3.46. The van der Waals surface area contributed by atoms with E-state index in [1.807, 2.05) is 0 Å². The molecule has 0 aliphatic carbocycles. The zero-order valence-electron chi connectivity index (χ0n) is 15.7. The van der Waals surface area contributed by atoms with E-state index in [2.05, 4.69) is 5.32 Å². The number of non-ortho nitro benzene ring substituents is 1. The van der Waals surface area contributed by atoms with E-state index in [-0.39, 0.29) is 12.2 Å². The van der Waals surface area contributed by atoms with E-state index in [0.717, 1.165) is 11.3 Å². The van der Waals surface area contributed by atoms with Crippen LogP contribution in [0.3, 0.4) is 0 Å². The van der Waals surface area contributed by atoms with Gasteiger partial charge >= 0.3 is 6.03 Å². The van der Waals surface area contributed by atoms with Crippen molar-refractivity contribution in [3.05, 3.63) is 63.7 Å². The van der Waals surface area contributed by atoms with Crippen LogP contribution in [0.1, 0.15) is 24.5 Å². The molecule has 2 aliphatic heterocycles. The summed E-state index contributed by atoms with van der Waals surface area (Å²) in [4.78, 5) is 37.2. The Balaban J connectivity index is 1.61. The van der Waals surface area contributed by atoms with E-state index >= 15 is 0 Å². The largest absolute Gasteiger partial charge is 0.490 e. The number of nitrogens with one attached hydrogen (secondary N) is 1. The monoisotopic (exact) mass is 397 g/mol. The molecule has 3 amide bonds. The summed E-state index contributed by atoms with van der Waals surface area (Å²) in [6.45, 7) is 2.62. The predicted molar refractivity (Wildman–Crippen MR) is 102 cm³/mol. The molecule has 0 bridgehead atoms. The second-order valence-electron chi connectivity index (χ2n) is 7.09. The van der Waals surface area contributed by atoms with Crippen LogP contribution in [0.5, 0.6) is 11.5 Å². The Hall–Kier alpha value is -3.62. The molecule has 1 fully saturated rings. The minimum absolute atomic E-state index is 0.0630. The van der Waals surface area contributed by atoms with Crippen molar-refractivity contribution in [2.75, 3.05) is 13.2 Å². The normalized spacial score (nSPS) is 20.9. The molecule has 4 rings (SSSR count). The Kier molecular flexibility index (Phi) is 4.57. The fraction of sp³-hybridized carbons (Fsp3) is 0.300. The molecule has 2 aromatic carbocycles. The van der Waals surface area contributed by atoms with Crippen LogP contribution in [0.2, 0.25) is 0 Å². The molecule has 0 radical (unpaired) electrons. The van der Waals surface area contributed by atoms with Crippen molar-refractivity contribution in [3.8, 4) is 11.5 Å². The molecule has 2 heterocycles. The Morgan fingerprint density at radius 1 is 1.14 bits per heavy atom. The molecule has 0 aromatic heterocycles. The highest BCUT2D eigenvalue weighted by Crippen LogP contribution is 2.37. The first-order chi connectivity index (χ1) is 13.9. The van der Waals surface area contributed by atoms with Crippen LogP contribution in [-0.2, 0) is 16.9 Å². The Bertz CT molecular complexity index is 1010. The lowest BCUT2D eigenvalue weighted by atomic mass is 9.91. The number of amides is 3. The number of urea groups is 1. The number of carbonyl (C=O) groups excluding carboxylic acids is 2. The summed E-state index contributed by atoms with van der Waals surface area (Å²) in [5.74, 6) is 0.684. The van der Waals surface area contributed by atoms with Crippen molar-refractivity contribution in [1.82, 2.24) is 10.2 Å². The number of rotatable bonds is 4. The van der Waals surface area contributed by atoms with Crippen LogP contribution in [0, 0.1) is 10.1 Å². The summed E-state index contributed by atoms with van der Waals surface area (Å²) in [5.41, 5.74) is -0.310. The SMILES string of the molecule is CC1(c2ccc3c(c2)OCCCO3)NC(=O)N(Cc2cccc([N+](=O)[O-])c2)C1=O. The van der Waals surface area contributed by atoms with Gasteiger partial charge in [-0.1, -0.05) is 18.2 Å². The van der Waals surface area contributed by atoms with E-state index in [1.54, 1.807) is 31.2 Å². The number of imide groups is 1. The molecule has 1 atom stereocenters. The molecule has 2 aliphatic rings. The third-order valence-corrected chi connectivity index (χ3v) is 5.06. The lowest BCUT2D eigenvalue weighted by molar-refractivity contribution is -0.384. The van der Waals surface area contributed by atoms with Crippen LogP contribution in [-0.4, -0.2) is 35.0 Å². The molecule has 9 nitrogen and oxygen atoms in total. The molecule has 29 heavy (non-hydrogen) atoms. The summed E-state index contributed by atoms with van der Waals surface area (Å²) < 4.78 is 11.3. The molecular formula is C20H19N3O6. The fourth-order valence-electron chi connectivity index (χ4n) is 3.46. The van der Waals surface area contributed by atoms with E-state index in [1.165, 1.54) is 18.2 Å². The number of nitro groups is 1. The molecule has 1 unspecified atom stereocenters. The summed E-state index contributed by atoms with van der Waals surface area (Å²) in [6.07, 6.45) is 0.758. The lowest BCUT2D eigenvalue weighted by Crippen LogP contribution is -2.40. The van der Waals surface area contributed by atoms with Gasteiger partial charge in [-0.05, 0) is 30.2 Å². The van der Waals surface area contributed by atoms with Crippen molar-refractivity contribution in [3.63, 3.8) is 0 Å². The van der Waals surface area contributed by atoms with E-state index in [4.69, 9.17) is 9.47 Å². The zero-order chi connectivity index (χ0) is 20.6. The summed E-state index contributed by atoms with van der Waals surface area (Å²) >= 11 is 0. The number of carbonyl (C=O) groups is 2. The summed E-state index contributed by atoms with van der Waals surface area (Å²) in [7, 11) is 0. The summed E-state index contributed by atoms with van der Waals surface area (Å²) in [6, 6.07) is 10.5. The van der Waals surface area contributed by atoms with Crippen molar-refractivity contribution < 1.29 is 24.0 Å². The van der Waals surface area contributed by atoms with Gasteiger partial charge in [-0.25, -0.2) is 4.79 Å². The lowest BCUT2D eigenvalue weighted by Gasteiger charge is -2.23. The average Bonchev–Trinajstić information content (AvgIpc) is 2.87. The Labute approximate surface area is 166 Å². The van der Waals surface area contributed by atoms with Gasteiger partial charge in [0.15, 0.2) is 11.5 Å². The topological polar surface area (TPSA) is 111 Å². The number of nitrogens with zero attached hydrogens (tertiary/aromatic N) is 2. The third kappa shape index (κ3) is 3.35. The van der Waals surface area contributed by atoms with E-state index in [9.17, 15) is 19.7 Å². The first kappa shape index (κ1) is 18.7. The maximum atomic E-state index is 13.1. The second-order valence-corrected chi connectivity index (χ2v) is 7.09. The highest BCUT2D eigenvalue weighted by Gasteiger charge is 2.49. The third-order valence-electron chi connectivity index (χ3n) is 5.06. The van der Waals surface area contributed by atoms with Crippen molar-refractivity contribution in [2.24, 2.45) is 0 Å². The van der Waals surface area contributed by atoms with Crippen molar-refractivity contribution in [2.45, 2.75) is 25.4 Å². The van der Waals surface area contributed by atoms with Crippen LogP contribution in [0.25, 0.3) is 0 Å². The molecule has 150 valence electrons. The minimum atomic E-state index is -1.28. The van der Waals surface area contributed by atoms with E-state index < -0.39 is 22.4 Å². The Morgan fingerprint density at radius 2 is 1.90 bits per heavy atom. The first-order valence-corrected chi connectivity index (χ1v) is 9.16. The van der Waals surface area contributed by atoms with Gasteiger partial charge in [-0.15, -0.1) is 0 Å². The van der Waals surface area contributed by atoms with Crippen LogP contribution >= 0.6 is 0 Å². The highest BCUT2D eigenvalue weighted by atomic mass is 16.6. The molecule has 1 N–H and O–H groups in total. The smallest absolute Gasteiger partial charge is 0.325 e. The molecule has 9 heteroatoms. The quantitative estimate of drug-likeness (QED) is 0.482. The van der Waals surface area contributed by atoms with Gasteiger partial charge in [-0.3, -0.25) is 19.8 Å². The van der Waals surface area contributed by atoms with Gasteiger partial charge in [0, 0.05) is 18.6 Å². The van der Waals surface area contributed by atoms with Crippen molar-refractivity contribution >= 4 is 17.6 Å². The van der Waals surface area contributed by atoms with E-state index in [0.29, 0.717) is 35.8 Å². The number of nitro benzene ring substituents is 1. The molecule has 0 spiro atoms. The number of ether oxygens (including phenoxy) is 2. The molecular weight excluding hydrogens is 378 g/mol. The van der Waals surface area contributed by atoms with Crippen LogP contribution in [0.15, 0.2) is 42.5 Å². The summed E-state index contributed by atoms with van der Waals surface area (Å²) in [5, 5.41) is 13.7. The number of hydrogen-bond acceptors (Lipinski definition) is 6. The van der Waals surface area contributed by atoms with Gasteiger partial charge in [0.1, 0.15) is 5.54 Å². The molecule has 1 saturated heterocycles. The predicted octanol–water partition coefficient (Wildman–Crippen LogP) is 2.72. The van der Waals surface area contributed by atoms with Gasteiger partial charge < -0.3 is 14.8 Å².